The average Bonchev–Trinajstić information content (AvgIpc) is 3.16. The SMILES string of the molecule is Cl.NC(Cc1cccc2ccccc12)C(=O)NNC(=O)c1ccc([N+](=O)[O-])o1. The first-order chi connectivity index (χ1) is 13.0. The van der Waals surface area contributed by atoms with Crippen LogP contribution >= 0.6 is 12.4 Å². The molecule has 1 heterocycles. The number of carbonyl (C=O) groups is 2. The van der Waals surface area contributed by atoms with Crippen molar-refractivity contribution in [2.24, 2.45) is 5.73 Å². The summed E-state index contributed by atoms with van der Waals surface area (Å²) in [5.74, 6) is -2.30. The standard InChI is InChI=1S/C18H16N4O5.ClH/c19-14(10-12-6-3-5-11-4-1-2-7-13(11)12)17(23)20-21-18(24)15-8-9-16(27-15)22(25)26;/h1-9,14H,10,19H2,(H,20,23)(H,21,24);1H. The lowest BCUT2D eigenvalue weighted by Gasteiger charge is -2.14. The molecule has 1 aromatic heterocycles. The van der Waals surface area contributed by atoms with Gasteiger partial charge in [0.05, 0.1) is 12.1 Å². The number of hydrazine groups is 1. The van der Waals surface area contributed by atoms with Crippen LogP contribution < -0.4 is 16.6 Å². The van der Waals surface area contributed by atoms with E-state index in [1.54, 1.807) is 0 Å². The Bertz CT molecular complexity index is 1010. The number of carbonyl (C=O) groups excluding carboxylic acids is 2. The maximum absolute atomic E-state index is 12.1. The van der Waals surface area contributed by atoms with Crippen molar-refractivity contribution in [2.45, 2.75) is 12.5 Å². The van der Waals surface area contributed by atoms with Gasteiger partial charge in [0.2, 0.25) is 5.76 Å². The predicted octanol–water partition coefficient (Wildman–Crippen LogP) is 2.09. The van der Waals surface area contributed by atoms with E-state index < -0.39 is 28.7 Å². The van der Waals surface area contributed by atoms with Crippen LogP contribution in [-0.4, -0.2) is 22.8 Å². The zero-order valence-corrected chi connectivity index (χ0v) is 15.3. The molecule has 3 rings (SSSR count). The van der Waals surface area contributed by atoms with Crippen molar-refractivity contribution >= 4 is 40.9 Å². The molecule has 2 aromatic carbocycles. The number of halogens is 1. The number of amides is 2. The molecule has 28 heavy (non-hydrogen) atoms. The molecule has 4 N–H and O–H groups in total. The Hall–Kier alpha value is -3.43. The number of nitrogens with zero attached hydrogens (tertiary/aromatic N) is 1. The largest absolute Gasteiger partial charge is 0.433 e. The Kier molecular flexibility index (Phi) is 6.69. The second-order valence-corrected chi connectivity index (χ2v) is 5.79. The predicted molar refractivity (Wildman–Crippen MR) is 104 cm³/mol. The summed E-state index contributed by atoms with van der Waals surface area (Å²) in [6.07, 6.45) is 0.273. The van der Waals surface area contributed by atoms with E-state index in [0.717, 1.165) is 28.5 Å². The number of rotatable bonds is 5. The summed E-state index contributed by atoms with van der Waals surface area (Å²) < 4.78 is 4.75. The summed E-state index contributed by atoms with van der Waals surface area (Å²) in [5, 5.41) is 12.6. The smallest absolute Gasteiger partial charge is 0.395 e. The van der Waals surface area contributed by atoms with Crippen LogP contribution in [0.5, 0.6) is 0 Å². The van der Waals surface area contributed by atoms with Crippen LogP contribution in [-0.2, 0) is 11.2 Å². The summed E-state index contributed by atoms with van der Waals surface area (Å²) in [7, 11) is 0. The topological polar surface area (TPSA) is 140 Å². The second kappa shape index (κ2) is 8.98. The molecule has 0 saturated heterocycles. The van der Waals surface area contributed by atoms with E-state index in [0.29, 0.717) is 0 Å². The molecule has 146 valence electrons. The first-order valence-electron chi connectivity index (χ1n) is 8.02. The minimum atomic E-state index is -0.901. The van der Waals surface area contributed by atoms with Crippen molar-refractivity contribution in [1.29, 1.82) is 0 Å². The van der Waals surface area contributed by atoms with E-state index in [9.17, 15) is 19.7 Å². The van der Waals surface area contributed by atoms with Crippen LogP contribution in [0.25, 0.3) is 10.8 Å². The van der Waals surface area contributed by atoms with Crippen molar-refractivity contribution in [3.63, 3.8) is 0 Å². The van der Waals surface area contributed by atoms with Crippen molar-refractivity contribution in [3.8, 4) is 0 Å². The molecule has 3 aromatic rings. The molecule has 10 heteroatoms. The first kappa shape index (κ1) is 20.9. The van der Waals surface area contributed by atoms with Gasteiger partial charge < -0.3 is 10.2 Å². The number of hydrogen-bond acceptors (Lipinski definition) is 6. The molecular formula is C18H17ClN4O5. The highest BCUT2D eigenvalue weighted by Gasteiger charge is 2.20. The molecule has 1 unspecified atom stereocenters. The molecule has 0 aliphatic heterocycles. The Morgan fingerprint density at radius 3 is 2.50 bits per heavy atom. The lowest BCUT2D eigenvalue weighted by Crippen LogP contribution is -2.50. The summed E-state index contributed by atoms with van der Waals surface area (Å²) in [6.45, 7) is 0. The number of nitrogens with one attached hydrogen (secondary N) is 2. The Morgan fingerprint density at radius 2 is 1.79 bits per heavy atom. The molecule has 0 aliphatic rings. The van der Waals surface area contributed by atoms with E-state index in [4.69, 9.17) is 10.2 Å². The summed E-state index contributed by atoms with van der Waals surface area (Å²) in [6, 6.07) is 14.7. The Morgan fingerprint density at radius 1 is 1.07 bits per heavy atom. The summed E-state index contributed by atoms with van der Waals surface area (Å²) >= 11 is 0. The minimum absolute atomic E-state index is 0. The number of furan rings is 1. The third-order valence-electron chi connectivity index (χ3n) is 3.95. The van der Waals surface area contributed by atoms with Crippen molar-refractivity contribution in [2.75, 3.05) is 0 Å². The Balaban J connectivity index is 0.00000280. The van der Waals surface area contributed by atoms with Crippen molar-refractivity contribution in [3.05, 3.63) is 76.0 Å². The number of nitro groups is 1. The van der Waals surface area contributed by atoms with Crippen molar-refractivity contribution in [1.82, 2.24) is 10.9 Å². The van der Waals surface area contributed by atoms with E-state index >= 15 is 0 Å². The van der Waals surface area contributed by atoms with Gasteiger partial charge in [-0.25, -0.2) is 0 Å². The monoisotopic (exact) mass is 404 g/mol. The lowest BCUT2D eigenvalue weighted by molar-refractivity contribution is -0.402. The highest BCUT2D eigenvalue weighted by atomic mass is 35.5. The van der Waals surface area contributed by atoms with Gasteiger partial charge in [0, 0.05) is 0 Å². The molecule has 2 amide bonds. The zero-order chi connectivity index (χ0) is 19.4. The van der Waals surface area contributed by atoms with Crippen LogP contribution in [0.1, 0.15) is 16.1 Å². The van der Waals surface area contributed by atoms with Crippen molar-refractivity contribution < 1.29 is 18.9 Å². The zero-order valence-electron chi connectivity index (χ0n) is 14.5. The van der Waals surface area contributed by atoms with Gasteiger partial charge in [0.25, 0.3) is 5.91 Å². The van der Waals surface area contributed by atoms with E-state index in [2.05, 4.69) is 10.9 Å². The number of benzene rings is 2. The second-order valence-electron chi connectivity index (χ2n) is 5.79. The molecular weight excluding hydrogens is 388 g/mol. The van der Waals surface area contributed by atoms with E-state index in [-0.39, 0.29) is 24.6 Å². The molecule has 0 spiro atoms. The molecule has 0 radical (unpaired) electrons. The molecule has 0 saturated carbocycles. The van der Waals surface area contributed by atoms with Gasteiger partial charge in [-0.05, 0) is 28.8 Å². The third kappa shape index (κ3) is 4.64. The van der Waals surface area contributed by atoms with Gasteiger partial charge in [-0.3, -0.25) is 30.6 Å². The number of hydrogen-bond donors (Lipinski definition) is 3. The normalized spacial score (nSPS) is 11.3. The highest BCUT2D eigenvalue weighted by molar-refractivity contribution is 5.94. The molecule has 1 atom stereocenters. The Labute approximate surface area is 165 Å². The molecule has 0 fully saturated rings. The fraction of sp³-hybridized carbons (Fsp3) is 0.111. The highest BCUT2D eigenvalue weighted by Crippen LogP contribution is 2.19. The number of fused-ring (bicyclic) bond motifs is 1. The van der Waals surface area contributed by atoms with Gasteiger partial charge in [-0.1, -0.05) is 42.5 Å². The van der Waals surface area contributed by atoms with Gasteiger partial charge >= 0.3 is 11.8 Å². The van der Waals surface area contributed by atoms with Gasteiger partial charge in [-0.15, -0.1) is 12.4 Å². The fourth-order valence-corrected chi connectivity index (χ4v) is 2.62. The molecule has 0 aliphatic carbocycles. The molecule has 0 bridgehead atoms. The maximum Gasteiger partial charge on any atom is 0.433 e. The lowest BCUT2D eigenvalue weighted by atomic mass is 9.99. The summed E-state index contributed by atoms with van der Waals surface area (Å²) in [5.41, 5.74) is 11.2. The van der Waals surface area contributed by atoms with Gasteiger partial charge in [0.15, 0.2) is 0 Å². The average molecular weight is 405 g/mol. The van der Waals surface area contributed by atoms with Crippen LogP contribution in [0.15, 0.2) is 59.0 Å². The number of nitrogens with two attached hydrogens (primary N) is 1. The summed E-state index contributed by atoms with van der Waals surface area (Å²) in [4.78, 5) is 33.8. The van der Waals surface area contributed by atoms with Crippen LogP contribution in [0.2, 0.25) is 0 Å². The molecule has 9 nitrogen and oxygen atoms in total. The van der Waals surface area contributed by atoms with E-state index in [1.165, 1.54) is 0 Å². The fourth-order valence-electron chi connectivity index (χ4n) is 2.62. The van der Waals surface area contributed by atoms with E-state index in [1.807, 2.05) is 42.5 Å². The minimum Gasteiger partial charge on any atom is -0.395 e. The van der Waals surface area contributed by atoms with Crippen LogP contribution in [0.3, 0.4) is 0 Å². The van der Waals surface area contributed by atoms with Gasteiger partial charge in [-0.2, -0.15) is 0 Å². The van der Waals surface area contributed by atoms with Gasteiger partial charge in [0.1, 0.15) is 4.92 Å². The van der Waals surface area contributed by atoms with Crippen LogP contribution in [0, 0.1) is 10.1 Å². The first-order valence-corrected chi connectivity index (χ1v) is 8.02. The third-order valence-corrected chi connectivity index (χ3v) is 3.95. The van der Waals surface area contributed by atoms with Crippen LogP contribution in [0.4, 0.5) is 5.88 Å². The maximum atomic E-state index is 12.1. The quantitative estimate of drug-likeness (QED) is 0.439.